The van der Waals surface area contributed by atoms with Gasteiger partial charge in [-0.1, -0.05) is 24.6 Å². The number of unbranched alkanes of at least 4 members (excludes halogenated alkanes) is 1. The average molecular weight is 156 g/mol. The summed E-state index contributed by atoms with van der Waals surface area (Å²) in [6, 6.07) is 0. The van der Waals surface area contributed by atoms with E-state index in [-0.39, 0.29) is 0 Å². The van der Waals surface area contributed by atoms with Crippen LogP contribution in [0.25, 0.3) is 0 Å². The van der Waals surface area contributed by atoms with Crippen molar-refractivity contribution >= 4 is 9.76 Å². The lowest BCUT2D eigenvalue weighted by molar-refractivity contribution is 0.330. The predicted octanol–water partition coefficient (Wildman–Crippen LogP) is 2.35. The molecule has 0 aliphatic carbocycles. The van der Waals surface area contributed by atoms with Crippen molar-refractivity contribution in [3.05, 3.63) is 11.3 Å². The summed E-state index contributed by atoms with van der Waals surface area (Å²) in [5.41, 5.74) is 0. The first-order valence-corrected chi connectivity index (χ1v) is 4.72. The smallest absolute Gasteiger partial charge is 0.263 e. The standard InChI is InChI=1S/C8H16OSi/c1-4-6-7-9-10-8(3)5-2/h5H,4,6-7H2,1-3H3/b8-5+. The van der Waals surface area contributed by atoms with E-state index in [2.05, 4.69) is 19.9 Å². The summed E-state index contributed by atoms with van der Waals surface area (Å²) >= 11 is 0. The van der Waals surface area contributed by atoms with Gasteiger partial charge in [-0.05, 0) is 20.3 Å². The lowest BCUT2D eigenvalue weighted by Gasteiger charge is -1.99. The van der Waals surface area contributed by atoms with Crippen LogP contribution in [0.3, 0.4) is 0 Å². The first-order chi connectivity index (χ1) is 4.81. The van der Waals surface area contributed by atoms with Crippen LogP contribution in [-0.4, -0.2) is 16.4 Å². The molecule has 10 heavy (non-hydrogen) atoms. The van der Waals surface area contributed by atoms with Crippen LogP contribution in [0.5, 0.6) is 0 Å². The van der Waals surface area contributed by atoms with E-state index in [1.165, 1.54) is 18.0 Å². The molecule has 0 atom stereocenters. The van der Waals surface area contributed by atoms with Crippen LogP contribution in [0.15, 0.2) is 11.3 Å². The Hall–Kier alpha value is -0.0831. The quantitative estimate of drug-likeness (QED) is 0.438. The van der Waals surface area contributed by atoms with Gasteiger partial charge in [0.25, 0.3) is 9.76 Å². The summed E-state index contributed by atoms with van der Waals surface area (Å²) < 4.78 is 5.39. The summed E-state index contributed by atoms with van der Waals surface area (Å²) in [4.78, 5) is 0. The molecule has 0 fully saturated rings. The van der Waals surface area contributed by atoms with Crippen molar-refractivity contribution in [3.63, 3.8) is 0 Å². The Kier molecular flexibility index (Phi) is 6.97. The molecule has 58 valence electrons. The lowest BCUT2D eigenvalue weighted by Crippen LogP contribution is -2.01. The van der Waals surface area contributed by atoms with E-state index in [1.807, 2.05) is 6.92 Å². The van der Waals surface area contributed by atoms with Crippen LogP contribution in [0.2, 0.25) is 0 Å². The van der Waals surface area contributed by atoms with Crippen LogP contribution in [0.1, 0.15) is 33.6 Å². The molecule has 0 bridgehead atoms. The number of hydrogen-bond donors (Lipinski definition) is 0. The summed E-state index contributed by atoms with van der Waals surface area (Å²) in [5, 5.41) is 1.34. The van der Waals surface area contributed by atoms with Crippen LogP contribution in [-0.2, 0) is 4.43 Å². The Balaban J connectivity index is 3.04. The van der Waals surface area contributed by atoms with E-state index >= 15 is 0 Å². The minimum atomic E-state index is 0.577. The molecular weight excluding hydrogens is 140 g/mol. The molecule has 0 unspecified atom stereocenters. The molecule has 0 aromatic carbocycles. The minimum Gasteiger partial charge on any atom is -0.412 e. The molecule has 0 rings (SSSR count). The van der Waals surface area contributed by atoms with Crippen molar-refractivity contribution in [1.29, 1.82) is 0 Å². The molecule has 0 aliphatic heterocycles. The van der Waals surface area contributed by atoms with Gasteiger partial charge < -0.3 is 4.43 Å². The lowest BCUT2D eigenvalue weighted by atomic mass is 10.4. The topological polar surface area (TPSA) is 9.23 Å². The maximum Gasteiger partial charge on any atom is 0.263 e. The van der Waals surface area contributed by atoms with E-state index in [1.54, 1.807) is 0 Å². The highest BCUT2D eigenvalue weighted by atomic mass is 28.2. The van der Waals surface area contributed by atoms with Gasteiger partial charge in [0.1, 0.15) is 0 Å². The Morgan fingerprint density at radius 1 is 1.60 bits per heavy atom. The molecule has 0 saturated heterocycles. The fourth-order valence-corrected chi connectivity index (χ4v) is 1.03. The van der Waals surface area contributed by atoms with Crippen LogP contribution in [0, 0.1) is 0 Å². The van der Waals surface area contributed by atoms with Gasteiger partial charge >= 0.3 is 0 Å². The Morgan fingerprint density at radius 3 is 2.80 bits per heavy atom. The molecule has 0 saturated carbocycles. The van der Waals surface area contributed by atoms with Gasteiger partial charge in [-0.25, -0.2) is 0 Å². The van der Waals surface area contributed by atoms with Crippen molar-refractivity contribution in [3.8, 4) is 0 Å². The van der Waals surface area contributed by atoms with Gasteiger partial charge in [0.2, 0.25) is 0 Å². The number of hydrogen-bond acceptors (Lipinski definition) is 1. The van der Waals surface area contributed by atoms with Crippen LogP contribution in [0.4, 0.5) is 0 Å². The highest BCUT2D eigenvalue weighted by molar-refractivity contribution is 6.37. The average Bonchev–Trinajstić information content (AvgIpc) is 1.98. The molecule has 0 aromatic heterocycles. The highest BCUT2D eigenvalue weighted by Crippen LogP contribution is 1.92. The van der Waals surface area contributed by atoms with Crippen molar-refractivity contribution in [1.82, 2.24) is 0 Å². The fraction of sp³-hybridized carbons (Fsp3) is 0.750. The first-order valence-electron chi connectivity index (χ1n) is 3.82. The normalized spacial score (nSPS) is 12.1. The second-order valence-electron chi connectivity index (χ2n) is 2.28. The van der Waals surface area contributed by atoms with Crippen LogP contribution < -0.4 is 0 Å². The number of allylic oxidation sites excluding steroid dienone is 2. The van der Waals surface area contributed by atoms with Crippen molar-refractivity contribution in [2.45, 2.75) is 33.6 Å². The molecule has 1 nitrogen and oxygen atoms in total. The molecule has 0 aromatic rings. The molecule has 0 aliphatic rings. The highest BCUT2D eigenvalue weighted by Gasteiger charge is 1.90. The van der Waals surface area contributed by atoms with Gasteiger partial charge in [-0.3, -0.25) is 0 Å². The monoisotopic (exact) mass is 156 g/mol. The zero-order chi connectivity index (χ0) is 7.82. The largest absolute Gasteiger partial charge is 0.412 e. The van der Waals surface area contributed by atoms with E-state index in [0.717, 1.165) is 6.61 Å². The zero-order valence-electron chi connectivity index (χ0n) is 7.11. The maximum absolute atomic E-state index is 5.39. The molecule has 0 N–H and O–H groups in total. The summed E-state index contributed by atoms with van der Waals surface area (Å²) in [6.07, 6.45) is 4.51. The molecule has 0 heterocycles. The molecule has 2 heteroatoms. The third-order valence-corrected chi connectivity index (χ3v) is 2.23. The van der Waals surface area contributed by atoms with E-state index in [9.17, 15) is 0 Å². The second kappa shape index (κ2) is 7.03. The van der Waals surface area contributed by atoms with Gasteiger partial charge in [0.15, 0.2) is 0 Å². The SMILES string of the molecule is C/C=C(\C)[Si]OCCCC. The first kappa shape index (κ1) is 9.92. The fourth-order valence-electron chi connectivity index (χ4n) is 0.440. The van der Waals surface area contributed by atoms with Gasteiger partial charge in [-0.15, -0.1) is 0 Å². The Morgan fingerprint density at radius 2 is 2.30 bits per heavy atom. The van der Waals surface area contributed by atoms with Crippen molar-refractivity contribution < 1.29 is 4.43 Å². The van der Waals surface area contributed by atoms with Crippen LogP contribution >= 0.6 is 0 Å². The molecular formula is C8H16OSi. The molecule has 0 amide bonds. The third-order valence-electron chi connectivity index (χ3n) is 1.27. The van der Waals surface area contributed by atoms with Gasteiger partial charge in [0.05, 0.1) is 0 Å². The van der Waals surface area contributed by atoms with E-state index in [0.29, 0.717) is 9.76 Å². The van der Waals surface area contributed by atoms with Gasteiger partial charge in [0, 0.05) is 6.61 Å². The summed E-state index contributed by atoms with van der Waals surface area (Å²) in [7, 11) is 0.577. The zero-order valence-corrected chi connectivity index (χ0v) is 8.11. The van der Waals surface area contributed by atoms with E-state index < -0.39 is 0 Å². The van der Waals surface area contributed by atoms with Crippen molar-refractivity contribution in [2.24, 2.45) is 0 Å². The predicted molar refractivity (Wildman–Crippen MR) is 46.0 cm³/mol. The summed E-state index contributed by atoms with van der Waals surface area (Å²) in [6.45, 7) is 7.24. The van der Waals surface area contributed by atoms with E-state index in [4.69, 9.17) is 4.43 Å². The number of rotatable bonds is 5. The Labute approximate surface area is 66.4 Å². The maximum atomic E-state index is 5.39. The summed E-state index contributed by atoms with van der Waals surface area (Å²) in [5.74, 6) is 0. The minimum absolute atomic E-state index is 0.577. The second-order valence-corrected chi connectivity index (χ2v) is 3.56. The molecule has 0 spiro atoms. The molecule has 2 radical (unpaired) electrons. The van der Waals surface area contributed by atoms with Gasteiger partial charge in [-0.2, -0.15) is 0 Å². The Bertz CT molecular complexity index is 99.4. The third kappa shape index (κ3) is 6.04. The van der Waals surface area contributed by atoms with Crippen molar-refractivity contribution in [2.75, 3.05) is 6.61 Å².